The van der Waals surface area contributed by atoms with Gasteiger partial charge in [0.15, 0.2) is 0 Å². The molecular weight excluding hydrogens is 465 g/mol. The summed E-state index contributed by atoms with van der Waals surface area (Å²) in [6, 6.07) is 23.5. The molecule has 1 amide bonds. The molecule has 3 aromatic carbocycles. The molecule has 5 nitrogen and oxygen atoms in total. The lowest BCUT2D eigenvalue weighted by molar-refractivity contribution is 0.0226. The first-order valence-corrected chi connectivity index (χ1v) is 13.1. The van der Waals surface area contributed by atoms with Gasteiger partial charge in [-0.25, -0.2) is 0 Å². The van der Waals surface area contributed by atoms with Gasteiger partial charge in [0.25, 0.3) is 5.91 Å². The molecule has 196 valence electrons. The molecule has 1 aliphatic heterocycles. The van der Waals surface area contributed by atoms with Crippen molar-refractivity contribution in [1.82, 2.24) is 9.80 Å². The van der Waals surface area contributed by atoms with Gasteiger partial charge in [0.05, 0.1) is 12.7 Å². The summed E-state index contributed by atoms with van der Waals surface area (Å²) in [4.78, 5) is 20.0. The molecule has 0 saturated carbocycles. The van der Waals surface area contributed by atoms with Crippen LogP contribution in [0.5, 0.6) is 5.75 Å². The van der Waals surface area contributed by atoms with Crippen LogP contribution >= 0.6 is 0 Å². The third-order valence-electron chi connectivity index (χ3n) is 7.40. The molecule has 1 N–H and O–H groups in total. The van der Waals surface area contributed by atoms with Gasteiger partial charge in [-0.05, 0) is 80.3 Å². The summed E-state index contributed by atoms with van der Waals surface area (Å²) in [6.07, 6.45) is 0.547. The lowest BCUT2D eigenvalue weighted by Gasteiger charge is -2.47. The van der Waals surface area contributed by atoms with Crippen molar-refractivity contribution in [3.63, 3.8) is 0 Å². The molecule has 3 atom stereocenters. The molecule has 6 heteroatoms. The predicted octanol–water partition coefficient (Wildman–Crippen LogP) is 5.82. The van der Waals surface area contributed by atoms with Crippen molar-refractivity contribution in [2.75, 3.05) is 38.3 Å². The van der Waals surface area contributed by atoms with E-state index in [-0.39, 0.29) is 36.5 Å². The topological polar surface area (TPSA) is 47.0 Å². The number of benzene rings is 3. The molecule has 37 heavy (non-hydrogen) atoms. The van der Waals surface area contributed by atoms with Crippen LogP contribution in [-0.4, -0.2) is 66.3 Å². The maximum absolute atomic E-state index is 13.5. The Bertz CT molecular complexity index is 1220. The number of aryl methyl sites for hydroxylation is 1. The van der Waals surface area contributed by atoms with Gasteiger partial charge in [-0.2, -0.15) is 0 Å². The minimum absolute atomic E-state index is 0.0698. The molecule has 0 aromatic heterocycles. The zero-order valence-corrected chi connectivity index (χ0v) is 22.3. The summed E-state index contributed by atoms with van der Waals surface area (Å²) >= 11 is 0. The fourth-order valence-corrected chi connectivity index (χ4v) is 5.42. The first-order valence-electron chi connectivity index (χ1n) is 13.1. The summed E-state index contributed by atoms with van der Waals surface area (Å²) < 4.78 is 12.9. The van der Waals surface area contributed by atoms with Gasteiger partial charge in [-0.1, -0.05) is 36.4 Å². The van der Waals surface area contributed by atoms with E-state index in [1.807, 2.05) is 67.6 Å². The fourth-order valence-electron chi connectivity index (χ4n) is 5.42. The summed E-state index contributed by atoms with van der Waals surface area (Å²) in [5.41, 5.74) is 4.56. The number of amides is 1. The van der Waals surface area contributed by atoms with Crippen LogP contribution in [0.25, 0.3) is 0 Å². The first kappa shape index (κ1) is 26.8. The minimum Gasteiger partial charge on any atom is -0.508 e. The van der Waals surface area contributed by atoms with Crippen LogP contribution in [0.2, 0.25) is 0 Å². The van der Waals surface area contributed by atoms with Gasteiger partial charge in [0, 0.05) is 50.0 Å². The summed E-state index contributed by atoms with van der Waals surface area (Å²) in [7, 11) is 1.80. The van der Waals surface area contributed by atoms with Crippen molar-refractivity contribution in [3.8, 4) is 5.75 Å². The van der Waals surface area contributed by atoms with Crippen LogP contribution in [0.4, 0.5) is 10.1 Å². The third kappa shape index (κ3) is 6.20. The fraction of sp³-hybridized carbons (Fsp3) is 0.387. The molecule has 0 aliphatic carbocycles. The Hall–Kier alpha value is -3.22. The van der Waals surface area contributed by atoms with E-state index in [9.17, 15) is 14.3 Å². The maximum atomic E-state index is 13.5. The molecule has 1 aliphatic rings. The van der Waals surface area contributed by atoms with E-state index in [1.54, 1.807) is 18.0 Å². The van der Waals surface area contributed by atoms with Gasteiger partial charge in [-0.15, -0.1) is 0 Å². The van der Waals surface area contributed by atoms with Crippen molar-refractivity contribution in [2.24, 2.45) is 0 Å². The number of hydrogen-bond donors (Lipinski definition) is 1. The molecule has 3 aromatic rings. The van der Waals surface area contributed by atoms with Crippen LogP contribution < -0.4 is 4.90 Å². The quantitative estimate of drug-likeness (QED) is 0.421. The van der Waals surface area contributed by atoms with Crippen LogP contribution in [-0.2, 0) is 0 Å². The Morgan fingerprint density at radius 3 is 2.41 bits per heavy atom. The van der Waals surface area contributed by atoms with E-state index < -0.39 is 0 Å². The Morgan fingerprint density at radius 2 is 1.70 bits per heavy atom. The van der Waals surface area contributed by atoms with Gasteiger partial charge in [0.2, 0.25) is 0 Å². The molecule has 0 unspecified atom stereocenters. The second kappa shape index (κ2) is 11.9. The highest BCUT2D eigenvalue weighted by Crippen LogP contribution is 2.35. The number of nitrogens with zero attached hydrogens (tertiary/aromatic N) is 3. The van der Waals surface area contributed by atoms with Gasteiger partial charge < -0.3 is 10.0 Å². The predicted molar refractivity (Wildman–Crippen MR) is 148 cm³/mol. The Labute approximate surface area is 220 Å². The molecule has 0 spiro atoms. The Morgan fingerprint density at radius 1 is 1.00 bits per heavy atom. The number of anilines is 1. The average Bonchev–Trinajstić information content (AvgIpc) is 2.89. The highest BCUT2D eigenvalue weighted by Gasteiger charge is 2.35. The van der Waals surface area contributed by atoms with E-state index in [0.717, 1.165) is 42.0 Å². The van der Waals surface area contributed by atoms with Crippen molar-refractivity contribution in [1.29, 1.82) is 0 Å². The lowest BCUT2D eigenvalue weighted by Crippen LogP contribution is -2.57. The molecule has 1 heterocycles. The highest BCUT2D eigenvalue weighted by molar-refractivity contribution is 6.05. The molecular formula is C31H38FN3O2. The van der Waals surface area contributed by atoms with Crippen LogP contribution in [0, 0.1) is 6.92 Å². The van der Waals surface area contributed by atoms with Gasteiger partial charge in [0.1, 0.15) is 5.75 Å². The zero-order chi connectivity index (χ0) is 26.5. The van der Waals surface area contributed by atoms with Crippen molar-refractivity contribution >= 4 is 11.6 Å². The number of hydrogen-bond acceptors (Lipinski definition) is 4. The standard InChI is InChI=1S/C31H38FN3O2/c1-22-9-5-13-28(17-22)33(4)31(37)27-12-6-10-25(18-27)30(26-11-7-14-29(36)19-26)35-21-23(2)34(16-8-15-32)20-24(35)3/h5-7,9-14,17-19,23-24,30,36H,8,15-16,20-21H2,1-4H3/t23-,24+,30-/m1/s1. The SMILES string of the molecule is Cc1cccc(N(C)C(=O)c2cccc([C@H](c3cccc(O)c3)N3C[C@@H](C)N(CCCF)C[C@@H]3C)c2)c1. The minimum atomic E-state index is -0.301. The van der Waals surface area contributed by atoms with E-state index in [0.29, 0.717) is 12.0 Å². The number of carbonyl (C=O) groups excluding carboxylic acids is 1. The monoisotopic (exact) mass is 503 g/mol. The molecule has 4 rings (SSSR count). The maximum Gasteiger partial charge on any atom is 0.258 e. The number of halogens is 1. The van der Waals surface area contributed by atoms with Gasteiger partial charge >= 0.3 is 0 Å². The largest absolute Gasteiger partial charge is 0.508 e. The number of phenolic OH excluding ortho intramolecular Hbond substituents is 1. The van der Waals surface area contributed by atoms with E-state index in [2.05, 4.69) is 29.7 Å². The van der Waals surface area contributed by atoms with Crippen molar-refractivity contribution in [2.45, 2.75) is 45.3 Å². The second-order valence-electron chi connectivity index (χ2n) is 10.3. The molecule has 1 fully saturated rings. The van der Waals surface area contributed by atoms with Crippen molar-refractivity contribution in [3.05, 3.63) is 95.1 Å². The summed E-state index contributed by atoms with van der Waals surface area (Å²) in [6.45, 7) is 8.49. The average molecular weight is 504 g/mol. The number of alkyl halides is 1. The van der Waals surface area contributed by atoms with Crippen LogP contribution in [0.3, 0.4) is 0 Å². The van der Waals surface area contributed by atoms with Crippen molar-refractivity contribution < 1.29 is 14.3 Å². The Balaban J connectivity index is 1.68. The normalized spacial score (nSPS) is 19.5. The molecule has 1 saturated heterocycles. The van der Waals surface area contributed by atoms with Crippen LogP contribution in [0.15, 0.2) is 72.8 Å². The number of carbonyl (C=O) groups is 1. The third-order valence-corrected chi connectivity index (χ3v) is 7.40. The van der Waals surface area contributed by atoms with E-state index in [1.165, 1.54) is 0 Å². The smallest absolute Gasteiger partial charge is 0.258 e. The molecule has 0 bridgehead atoms. The van der Waals surface area contributed by atoms with E-state index >= 15 is 0 Å². The Kier molecular flexibility index (Phi) is 8.62. The number of piperazine rings is 1. The van der Waals surface area contributed by atoms with E-state index in [4.69, 9.17) is 0 Å². The summed E-state index contributed by atoms with van der Waals surface area (Å²) in [5, 5.41) is 10.3. The lowest BCUT2D eigenvalue weighted by atomic mass is 9.92. The molecule has 0 radical (unpaired) electrons. The number of phenols is 1. The van der Waals surface area contributed by atoms with Crippen LogP contribution in [0.1, 0.15) is 53.4 Å². The number of rotatable bonds is 8. The zero-order valence-electron chi connectivity index (χ0n) is 22.3. The number of aromatic hydroxyl groups is 1. The van der Waals surface area contributed by atoms with Gasteiger partial charge in [-0.3, -0.25) is 19.0 Å². The second-order valence-corrected chi connectivity index (χ2v) is 10.3. The highest BCUT2D eigenvalue weighted by atomic mass is 19.1. The first-order chi connectivity index (χ1) is 17.8. The summed E-state index contributed by atoms with van der Waals surface area (Å²) in [5.74, 6) is 0.149.